The molecule has 3 nitrogen and oxygen atoms in total. The van der Waals surface area contributed by atoms with Gasteiger partial charge in [0.1, 0.15) is 0 Å². The van der Waals surface area contributed by atoms with Crippen molar-refractivity contribution in [1.82, 2.24) is 0 Å². The summed E-state index contributed by atoms with van der Waals surface area (Å²) in [4.78, 5) is 10.9. The molecule has 1 amide bonds. The number of hydrogen-bond acceptors (Lipinski definition) is 2. The Bertz CT molecular complexity index is 313. The lowest BCUT2D eigenvalue weighted by Crippen LogP contribution is -2.25. The first-order valence-corrected chi connectivity index (χ1v) is 4.10. The second-order valence-electron chi connectivity index (χ2n) is 3.07. The van der Waals surface area contributed by atoms with Gasteiger partial charge < -0.3 is 0 Å². The van der Waals surface area contributed by atoms with E-state index >= 15 is 0 Å². The minimum atomic E-state index is -0.377. The van der Waals surface area contributed by atoms with E-state index in [9.17, 15) is 10.0 Å². The van der Waals surface area contributed by atoms with E-state index in [0.29, 0.717) is 10.8 Å². The van der Waals surface area contributed by atoms with Gasteiger partial charge in [-0.1, -0.05) is 18.2 Å². The average molecular weight is 179 g/mol. The number of carbonyl (C=O) groups excluding carboxylic acids is 1. The zero-order valence-corrected chi connectivity index (χ0v) is 8.03. The van der Waals surface area contributed by atoms with Crippen LogP contribution in [0.5, 0.6) is 0 Å². The van der Waals surface area contributed by atoms with Gasteiger partial charge >= 0.3 is 0 Å². The third-order valence-electron chi connectivity index (χ3n) is 1.95. The van der Waals surface area contributed by atoms with Crippen molar-refractivity contribution in [3.8, 4) is 0 Å². The van der Waals surface area contributed by atoms with Crippen LogP contribution in [-0.2, 0) is 4.79 Å². The molecule has 0 radical (unpaired) electrons. The molecule has 0 heterocycles. The summed E-state index contributed by atoms with van der Waals surface area (Å²) >= 11 is 0. The number of amides is 1. The van der Waals surface area contributed by atoms with Crippen molar-refractivity contribution in [3.05, 3.63) is 29.3 Å². The molecule has 1 aromatic carbocycles. The summed E-state index contributed by atoms with van der Waals surface area (Å²) in [7, 11) is 0. The van der Waals surface area contributed by atoms with E-state index in [-0.39, 0.29) is 5.91 Å². The summed E-state index contributed by atoms with van der Waals surface area (Å²) in [6.45, 7) is 5.04. The fourth-order valence-corrected chi connectivity index (χ4v) is 1.30. The molecule has 1 rings (SSSR count). The Balaban J connectivity index is 3.20. The zero-order valence-electron chi connectivity index (χ0n) is 8.03. The normalized spacial score (nSPS) is 9.85. The standard InChI is InChI=1S/C10H13NO2/c1-7-5-4-6-8(2)10(7)11(13)9(3)12/h4-6,13H,1-3H3. The number of anilines is 1. The molecule has 0 bridgehead atoms. The lowest BCUT2D eigenvalue weighted by Gasteiger charge is -2.17. The lowest BCUT2D eigenvalue weighted by atomic mass is 10.1. The number of rotatable bonds is 1. The highest BCUT2D eigenvalue weighted by molar-refractivity contribution is 5.90. The summed E-state index contributed by atoms with van der Waals surface area (Å²) in [5.41, 5.74) is 2.35. The van der Waals surface area contributed by atoms with Crippen molar-refractivity contribution in [2.45, 2.75) is 20.8 Å². The molecule has 70 valence electrons. The van der Waals surface area contributed by atoms with Gasteiger partial charge in [-0.2, -0.15) is 5.06 Å². The molecular weight excluding hydrogens is 166 g/mol. The molecule has 0 saturated carbocycles. The van der Waals surface area contributed by atoms with Crippen molar-refractivity contribution < 1.29 is 10.0 Å². The fourth-order valence-electron chi connectivity index (χ4n) is 1.30. The lowest BCUT2D eigenvalue weighted by molar-refractivity contribution is -0.121. The summed E-state index contributed by atoms with van der Waals surface area (Å²) in [5.74, 6) is -0.377. The van der Waals surface area contributed by atoms with Crippen molar-refractivity contribution in [1.29, 1.82) is 0 Å². The number of nitrogens with zero attached hydrogens (tertiary/aromatic N) is 1. The molecule has 1 aromatic rings. The van der Waals surface area contributed by atoms with E-state index in [4.69, 9.17) is 0 Å². The summed E-state index contributed by atoms with van der Waals surface area (Å²) in [6, 6.07) is 5.60. The first-order chi connectivity index (χ1) is 6.04. The quantitative estimate of drug-likeness (QED) is 0.529. The van der Waals surface area contributed by atoms with Gasteiger partial charge in [0.15, 0.2) is 0 Å². The van der Waals surface area contributed by atoms with Crippen LogP contribution in [0.4, 0.5) is 5.69 Å². The molecule has 0 atom stereocenters. The van der Waals surface area contributed by atoms with E-state index in [1.165, 1.54) is 6.92 Å². The van der Waals surface area contributed by atoms with Crippen molar-refractivity contribution in [2.24, 2.45) is 0 Å². The number of aryl methyl sites for hydroxylation is 2. The third-order valence-corrected chi connectivity index (χ3v) is 1.95. The van der Waals surface area contributed by atoms with Crippen LogP contribution in [0.15, 0.2) is 18.2 Å². The van der Waals surface area contributed by atoms with Gasteiger partial charge in [0.25, 0.3) is 0 Å². The van der Waals surface area contributed by atoms with Gasteiger partial charge in [-0.25, -0.2) is 0 Å². The second-order valence-corrected chi connectivity index (χ2v) is 3.07. The molecular formula is C10H13NO2. The van der Waals surface area contributed by atoms with Gasteiger partial charge in [-0.3, -0.25) is 10.0 Å². The Kier molecular flexibility index (Phi) is 2.68. The van der Waals surface area contributed by atoms with Crippen molar-refractivity contribution >= 4 is 11.6 Å². The topological polar surface area (TPSA) is 40.5 Å². The Morgan fingerprint density at radius 3 is 2.15 bits per heavy atom. The molecule has 0 saturated heterocycles. The van der Waals surface area contributed by atoms with E-state index in [1.807, 2.05) is 32.0 Å². The minimum absolute atomic E-state index is 0.377. The maximum absolute atomic E-state index is 10.9. The molecule has 3 heteroatoms. The van der Waals surface area contributed by atoms with Crippen LogP contribution >= 0.6 is 0 Å². The largest absolute Gasteiger partial charge is 0.281 e. The SMILES string of the molecule is CC(=O)N(O)c1c(C)cccc1C. The van der Waals surface area contributed by atoms with Gasteiger partial charge in [-0.15, -0.1) is 0 Å². The Morgan fingerprint density at radius 1 is 1.31 bits per heavy atom. The van der Waals surface area contributed by atoms with Crippen molar-refractivity contribution in [3.63, 3.8) is 0 Å². The highest BCUT2D eigenvalue weighted by Crippen LogP contribution is 2.22. The van der Waals surface area contributed by atoms with E-state index < -0.39 is 0 Å². The molecule has 0 aromatic heterocycles. The monoisotopic (exact) mass is 179 g/mol. The molecule has 0 spiro atoms. The van der Waals surface area contributed by atoms with Crippen LogP contribution in [-0.4, -0.2) is 11.1 Å². The smallest absolute Gasteiger partial charge is 0.247 e. The van der Waals surface area contributed by atoms with Crippen LogP contribution < -0.4 is 5.06 Å². The number of hydroxylamine groups is 1. The van der Waals surface area contributed by atoms with Gasteiger partial charge in [0.05, 0.1) is 5.69 Å². The predicted molar refractivity (Wildman–Crippen MR) is 50.9 cm³/mol. The van der Waals surface area contributed by atoms with Crippen LogP contribution in [0.2, 0.25) is 0 Å². The second kappa shape index (κ2) is 3.58. The fraction of sp³-hybridized carbons (Fsp3) is 0.300. The summed E-state index contributed by atoms with van der Waals surface area (Å²) in [6.07, 6.45) is 0. The molecule has 13 heavy (non-hydrogen) atoms. The zero-order chi connectivity index (χ0) is 10.0. The highest BCUT2D eigenvalue weighted by Gasteiger charge is 2.12. The molecule has 0 unspecified atom stereocenters. The van der Waals surface area contributed by atoms with Crippen molar-refractivity contribution in [2.75, 3.05) is 5.06 Å². The maximum Gasteiger partial charge on any atom is 0.247 e. The highest BCUT2D eigenvalue weighted by atomic mass is 16.5. The van der Waals surface area contributed by atoms with E-state index in [2.05, 4.69) is 0 Å². The van der Waals surface area contributed by atoms with Gasteiger partial charge in [0.2, 0.25) is 5.91 Å². The molecule has 0 aliphatic rings. The summed E-state index contributed by atoms with van der Waals surface area (Å²) in [5, 5.41) is 10.1. The molecule has 1 N–H and O–H groups in total. The van der Waals surface area contributed by atoms with Crippen LogP contribution in [0.1, 0.15) is 18.1 Å². The van der Waals surface area contributed by atoms with Gasteiger partial charge in [0, 0.05) is 6.92 Å². The molecule has 0 aliphatic heterocycles. The Labute approximate surface area is 77.6 Å². The minimum Gasteiger partial charge on any atom is -0.281 e. The Morgan fingerprint density at radius 2 is 1.77 bits per heavy atom. The first kappa shape index (κ1) is 9.74. The summed E-state index contributed by atoms with van der Waals surface area (Å²) < 4.78 is 0. The van der Waals surface area contributed by atoms with Crippen LogP contribution in [0.25, 0.3) is 0 Å². The third kappa shape index (κ3) is 1.87. The van der Waals surface area contributed by atoms with E-state index in [1.54, 1.807) is 0 Å². The maximum atomic E-state index is 10.9. The number of para-hydroxylation sites is 1. The number of carbonyl (C=O) groups is 1. The van der Waals surface area contributed by atoms with Crippen LogP contribution in [0, 0.1) is 13.8 Å². The first-order valence-electron chi connectivity index (χ1n) is 4.10. The van der Waals surface area contributed by atoms with E-state index in [0.717, 1.165) is 11.1 Å². The Hall–Kier alpha value is -1.35. The predicted octanol–water partition coefficient (Wildman–Crippen LogP) is 2.05. The van der Waals surface area contributed by atoms with Gasteiger partial charge in [-0.05, 0) is 25.0 Å². The number of hydrogen-bond donors (Lipinski definition) is 1. The molecule has 0 fully saturated rings. The number of benzene rings is 1. The molecule has 0 aliphatic carbocycles. The van der Waals surface area contributed by atoms with Crippen LogP contribution in [0.3, 0.4) is 0 Å². The average Bonchev–Trinajstić information content (AvgIpc) is 2.03.